The third-order valence-corrected chi connectivity index (χ3v) is 4.33. The maximum absolute atomic E-state index is 12.0. The SMILES string of the molecule is NCC(C(=O)O)S(=O)(=O)c1ccccc1[N+](=O)[O-]. The highest BCUT2D eigenvalue weighted by Crippen LogP contribution is 2.26. The van der Waals surface area contributed by atoms with Crippen LogP contribution in [0.5, 0.6) is 0 Å². The molecule has 0 saturated carbocycles. The normalized spacial score (nSPS) is 12.9. The molecule has 1 aromatic rings. The lowest BCUT2D eigenvalue weighted by molar-refractivity contribution is -0.387. The first-order chi connectivity index (χ1) is 8.32. The second-order valence-electron chi connectivity index (χ2n) is 3.33. The number of carboxylic acid groups (broad SMARTS) is 1. The van der Waals surface area contributed by atoms with E-state index in [9.17, 15) is 23.3 Å². The van der Waals surface area contributed by atoms with Crippen molar-refractivity contribution >= 4 is 21.5 Å². The van der Waals surface area contributed by atoms with Gasteiger partial charge in [-0.3, -0.25) is 14.9 Å². The molecule has 0 bridgehead atoms. The summed E-state index contributed by atoms with van der Waals surface area (Å²) in [5.41, 5.74) is 4.42. The molecule has 0 fully saturated rings. The van der Waals surface area contributed by atoms with Gasteiger partial charge in [-0.1, -0.05) is 12.1 Å². The van der Waals surface area contributed by atoms with Crippen LogP contribution in [0, 0.1) is 10.1 Å². The van der Waals surface area contributed by atoms with Crippen molar-refractivity contribution in [3.63, 3.8) is 0 Å². The Labute approximate surface area is 102 Å². The molecule has 1 aromatic carbocycles. The van der Waals surface area contributed by atoms with Gasteiger partial charge in [0.15, 0.2) is 15.1 Å². The number of nitro groups is 1. The van der Waals surface area contributed by atoms with Crippen LogP contribution in [0.25, 0.3) is 0 Å². The topological polar surface area (TPSA) is 141 Å². The Morgan fingerprint density at radius 1 is 1.44 bits per heavy atom. The lowest BCUT2D eigenvalue weighted by atomic mass is 10.3. The van der Waals surface area contributed by atoms with Gasteiger partial charge in [0, 0.05) is 12.6 Å². The number of benzene rings is 1. The average molecular weight is 274 g/mol. The number of rotatable bonds is 5. The Hall–Kier alpha value is -2.00. The van der Waals surface area contributed by atoms with E-state index in [0.717, 1.165) is 12.1 Å². The number of carbonyl (C=O) groups is 1. The molecule has 0 aliphatic heterocycles. The van der Waals surface area contributed by atoms with E-state index in [1.54, 1.807) is 0 Å². The van der Waals surface area contributed by atoms with Crippen molar-refractivity contribution in [3.8, 4) is 0 Å². The molecule has 0 heterocycles. The molecule has 0 aromatic heterocycles. The second-order valence-corrected chi connectivity index (χ2v) is 5.43. The number of carboxylic acids is 1. The number of nitro benzene ring substituents is 1. The zero-order valence-electron chi connectivity index (χ0n) is 9.02. The first kappa shape index (κ1) is 14.1. The fraction of sp³-hybridized carbons (Fsp3) is 0.222. The average Bonchev–Trinajstić information content (AvgIpc) is 2.28. The predicted molar refractivity (Wildman–Crippen MR) is 60.8 cm³/mol. The van der Waals surface area contributed by atoms with Gasteiger partial charge in [0.2, 0.25) is 0 Å². The Bertz CT molecular complexity index is 582. The molecule has 18 heavy (non-hydrogen) atoms. The van der Waals surface area contributed by atoms with E-state index in [0.29, 0.717) is 0 Å². The van der Waals surface area contributed by atoms with E-state index >= 15 is 0 Å². The molecule has 0 amide bonds. The van der Waals surface area contributed by atoms with Gasteiger partial charge in [0.05, 0.1) is 4.92 Å². The van der Waals surface area contributed by atoms with Gasteiger partial charge in [-0.2, -0.15) is 0 Å². The number of nitrogens with zero attached hydrogens (tertiary/aromatic N) is 1. The quantitative estimate of drug-likeness (QED) is 0.558. The Morgan fingerprint density at radius 2 is 2.00 bits per heavy atom. The highest BCUT2D eigenvalue weighted by molar-refractivity contribution is 7.93. The number of nitrogens with two attached hydrogens (primary N) is 1. The first-order valence-corrected chi connectivity index (χ1v) is 6.27. The summed E-state index contributed by atoms with van der Waals surface area (Å²) in [4.78, 5) is 20.0. The fourth-order valence-electron chi connectivity index (χ4n) is 1.36. The Kier molecular flexibility index (Phi) is 3.99. The third-order valence-electron chi connectivity index (χ3n) is 2.23. The van der Waals surface area contributed by atoms with Crippen molar-refractivity contribution < 1.29 is 23.2 Å². The minimum atomic E-state index is -4.39. The summed E-state index contributed by atoms with van der Waals surface area (Å²) in [5.74, 6) is -1.64. The van der Waals surface area contributed by atoms with Crippen LogP contribution in [0.15, 0.2) is 29.2 Å². The number of sulfone groups is 1. The van der Waals surface area contributed by atoms with Crippen LogP contribution in [0.2, 0.25) is 0 Å². The first-order valence-electron chi connectivity index (χ1n) is 4.72. The summed E-state index contributed by atoms with van der Waals surface area (Å²) in [6, 6.07) is 4.53. The summed E-state index contributed by atoms with van der Waals surface area (Å²) < 4.78 is 23.9. The van der Waals surface area contributed by atoms with E-state index in [2.05, 4.69) is 0 Å². The maximum Gasteiger partial charge on any atom is 0.323 e. The minimum absolute atomic E-state index is 0.646. The molecule has 98 valence electrons. The Balaban J connectivity index is 3.46. The summed E-state index contributed by atoms with van der Waals surface area (Å²) in [6.45, 7) is -0.663. The van der Waals surface area contributed by atoms with Crippen molar-refractivity contribution in [1.82, 2.24) is 0 Å². The van der Waals surface area contributed by atoms with Gasteiger partial charge in [-0.05, 0) is 6.07 Å². The molecule has 0 aliphatic carbocycles. The van der Waals surface area contributed by atoms with Gasteiger partial charge < -0.3 is 10.8 Å². The van der Waals surface area contributed by atoms with Crippen LogP contribution < -0.4 is 5.73 Å². The predicted octanol–water partition coefficient (Wildman–Crippen LogP) is -0.220. The van der Waals surface area contributed by atoms with Gasteiger partial charge in [0.25, 0.3) is 5.69 Å². The van der Waals surface area contributed by atoms with Crippen LogP contribution in [-0.4, -0.2) is 36.2 Å². The van der Waals surface area contributed by atoms with Gasteiger partial charge in [0.1, 0.15) is 4.90 Å². The molecule has 0 saturated heterocycles. The second kappa shape index (κ2) is 5.10. The van der Waals surface area contributed by atoms with E-state index in [1.165, 1.54) is 12.1 Å². The van der Waals surface area contributed by atoms with Crippen LogP contribution in [0.1, 0.15) is 0 Å². The summed E-state index contributed by atoms with van der Waals surface area (Å²) in [7, 11) is -4.39. The minimum Gasteiger partial charge on any atom is -0.480 e. The van der Waals surface area contributed by atoms with E-state index in [1.807, 2.05) is 0 Å². The smallest absolute Gasteiger partial charge is 0.323 e. The van der Waals surface area contributed by atoms with Crippen molar-refractivity contribution in [2.75, 3.05) is 6.54 Å². The molecule has 0 aliphatic rings. The van der Waals surface area contributed by atoms with Crippen LogP contribution >= 0.6 is 0 Å². The zero-order valence-corrected chi connectivity index (χ0v) is 9.83. The van der Waals surface area contributed by atoms with Crippen LogP contribution in [0.4, 0.5) is 5.69 Å². The van der Waals surface area contributed by atoms with E-state index in [-0.39, 0.29) is 0 Å². The van der Waals surface area contributed by atoms with Crippen molar-refractivity contribution in [1.29, 1.82) is 0 Å². The molecule has 8 nitrogen and oxygen atoms in total. The molecule has 0 radical (unpaired) electrons. The van der Waals surface area contributed by atoms with Gasteiger partial charge >= 0.3 is 5.97 Å². The third kappa shape index (κ3) is 2.46. The largest absolute Gasteiger partial charge is 0.480 e. The van der Waals surface area contributed by atoms with Crippen molar-refractivity contribution in [2.24, 2.45) is 5.73 Å². The molecule has 1 unspecified atom stereocenters. The van der Waals surface area contributed by atoms with E-state index in [4.69, 9.17) is 10.8 Å². The summed E-state index contributed by atoms with van der Waals surface area (Å²) in [5, 5.41) is 17.6. The van der Waals surface area contributed by atoms with E-state index < -0.39 is 43.1 Å². The Morgan fingerprint density at radius 3 is 2.44 bits per heavy atom. The van der Waals surface area contributed by atoms with Crippen LogP contribution in [-0.2, 0) is 14.6 Å². The zero-order chi connectivity index (χ0) is 13.9. The molecule has 0 spiro atoms. The molecular weight excluding hydrogens is 264 g/mol. The number of hydrogen-bond donors (Lipinski definition) is 2. The lowest BCUT2D eigenvalue weighted by Gasteiger charge is -2.11. The number of aliphatic carboxylic acids is 1. The fourth-order valence-corrected chi connectivity index (χ4v) is 2.89. The van der Waals surface area contributed by atoms with Gasteiger partial charge in [-0.25, -0.2) is 8.42 Å². The number of hydrogen-bond acceptors (Lipinski definition) is 6. The van der Waals surface area contributed by atoms with Crippen LogP contribution in [0.3, 0.4) is 0 Å². The van der Waals surface area contributed by atoms with Gasteiger partial charge in [-0.15, -0.1) is 0 Å². The standard InChI is InChI=1S/C9H10N2O6S/c10-5-8(9(12)13)18(16,17)7-4-2-1-3-6(7)11(14)15/h1-4,8H,5,10H2,(H,12,13). The monoisotopic (exact) mass is 274 g/mol. The lowest BCUT2D eigenvalue weighted by Crippen LogP contribution is -2.37. The van der Waals surface area contributed by atoms with Crippen molar-refractivity contribution in [3.05, 3.63) is 34.4 Å². The maximum atomic E-state index is 12.0. The molecular formula is C9H10N2O6S. The molecule has 3 N–H and O–H groups in total. The summed E-state index contributed by atoms with van der Waals surface area (Å²) in [6.07, 6.45) is 0. The molecule has 1 atom stereocenters. The summed E-state index contributed by atoms with van der Waals surface area (Å²) >= 11 is 0. The highest BCUT2D eigenvalue weighted by atomic mass is 32.2. The highest BCUT2D eigenvalue weighted by Gasteiger charge is 2.37. The molecule has 1 rings (SSSR count). The van der Waals surface area contributed by atoms with Crippen molar-refractivity contribution in [2.45, 2.75) is 10.1 Å². The molecule has 9 heteroatoms. The number of para-hydroxylation sites is 1.